The number of para-hydroxylation sites is 1. The molecular weight excluding hydrogens is 250 g/mol. The van der Waals surface area contributed by atoms with Crippen LogP contribution >= 0.6 is 11.6 Å². The molecule has 96 valence electrons. The topological polar surface area (TPSA) is 29.5 Å². The van der Waals surface area contributed by atoms with Crippen molar-refractivity contribution in [2.45, 2.75) is 24.8 Å². The lowest BCUT2D eigenvalue weighted by atomic mass is 10.00. The van der Waals surface area contributed by atoms with E-state index in [1.807, 2.05) is 29.2 Å². The van der Waals surface area contributed by atoms with Crippen molar-refractivity contribution in [2.24, 2.45) is 0 Å². The monoisotopic (exact) mass is 265 g/mol. The van der Waals surface area contributed by atoms with E-state index in [1.54, 1.807) is 0 Å². The van der Waals surface area contributed by atoms with Gasteiger partial charge in [-0.25, -0.2) is 0 Å². The van der Waals surface area contributed by atoms with E-state index in [0.29, 0.717) is 25.1 Å². The summed E-state index contributed by atoms with van der Waals surface area (Å²) >= 11 is 5.79. The highest BCUT2D eigenvalue weighted by molar-refractivity contribution is 6.18. The van der Waals surface area contributed by atoms with Crippen LogP contribution in [0.5, 0.6) is 5.75 Å². The lowest BCUT2D eigenvalue weighted by molar-refractivity contribution is -0.133. The zero-order valence-corrected chi connectivity index (χ0v) is 10.9. The van der Waals surface area contributed by atoms with Crippen molar-refractivity contribution in [3.05, 3.63) is 29.8 Å². The Morgan fingerprint density at radius 1 is 1.39 bits per heavy atom. The van der Waals surface area contributed by atoms with Crippen molar-refractivity contribution in [2.75, 3.05) is 19.0 Å². The maximum Gasteiger partial charge on any atom is 0.234 e. The summed E-state index contributed by atoms with van der Waals surface area (Å²) in [5, 5.41) is 0. The Bertz CT molecular complexity index is 459. The second kappa shape index (κ2) is 4.81. The third kappa shape index (κ3) is 2.07. The summed E-state index contributed by atoms with van der Waals surface area (Å²) in [5.41, 5.74) is 1.02. The van der Waals surface area contributed by atoms with E-state index in [2.05, 4.69) is 0 Å². The number of carbonyl (C=O) groups excluding carboxylic acids is 1. The Morgan fingerprint density at radius 2 is 2.17 bits per heavy atom. The van der Waals surface area contributed by atoms with Crippen molar-refractivity contribution in [3.8, 4) is 5.75 Å². The molecule has 1 amide bonds. The van der Waals surface area contributed by atoms with Gasteiger partial charge < -0.3 is 9.64 Å². The van der Waals surface area contributed by atoms with Crippen LogP contribution in [0.2, 0.25) is 0 Å². The molecule has 2 aliphatic rings. The first kappa shape index (κ1) is 11.8. The smallest absolute Gasteiger partial charge is 0.234 e. The minimum absolute atomic E-state index is 0.148. The first-order chi connectivity index (χ1) is 8.81. The highest BCUT2D eigenvalue weighted by Crippen LogP contribution is 2.37. The minimum Gasteiger partial charge on any atom is -0.492 e. The lowest BCUT2D eigenvalue weighted by Gasteiger charge is -2.24. The van der Waals surface area contributed by atoms with Gasteiger partial charge in [0.05, 0.1) is 0 Å². The van der Waals surface area contributed by atoms with Crippen LogP contribution in [0, 0.1) is 0 Å². The van der Waals surface area contributed by atoms with Gasteiger partial charge in [0.25, 0.3) is 0 Å². The van der Waals surface area contributed by atoms with Gasteiger partial charge >= 0.3 is 0 Å². The van der Waals surface area contributed by atoms with Crippen LogP contribution in [-0.2, 0) is 4.79 Å². The highest BCUT2D eigenvalue weighted by Gasteiger charge is 2.39. The number of benzene rings is 1. The molecule has 1 aliphatic heterocycles. The Balaban J connectivity index is 1.80. The average Bonchev–Trinajstić information content (AvgIpc) is 3.14. The molecule has 0 N–H and O–H groups in total. The number of amides is 1. The van der Waals surface area contributed by atoms with Crippen LogP contribution < -0.4 is 4.74 Å². The molecule has 18 heavy (non-hydrogen) atoms. The summed E-state index contributed by atoms with van der Waals surface area (Å²) in [5.74, 6) is 1.36. The molecule has 1 unspecified atom stereocenters. The van der Waals surface area contributed by atoms with Crippen LogP contribution in [-0.4, -0.2) is 35.9 Å². The summed E-state index contributed by atoms with van der Waals surface area (Å²) < 4.78 is 5.58. The number of carbonyl (C=O) groups is 1. The van der Waals surface area contributed by atoms with Gasteiger partial charge in [0.2, 0.25) is 5.91 Å². The minimum atomic E-state index is -0.148. The number of hydrogen-bond donors (Lipinski definition) is 0. The van der Waals surface area contributed by atoms with E-state index in [1.165, 1.54) is 0 Å². The predicted octanol–water partition coefficient (Wildman–Crippen LogP) is 2.39. The van der Waals surface area contributed by atoms with Gasteiger partial charge in [0, 0.05) is 24.0 Å². The summed E-state index contributed by atoms with van der Waals surface area (Å²) in [6.07, 6.45) is 2.22. The molecule has 0 spiro atoms. The quantitative estimate of drug-likeness (QED) is 0.783. The predicted molar refractivity (Wildman–Crippen MR) is 70.1 cm³/mol. The van der Waals surface area contributed by atoms with Gasteiger partial charge in [-0.1, -0.05) is 18.2 Å². The fourth-order valence-electron chi connectivity index (χ4n) is 2.52. The molecule has 1 saturated carbocycles. The number of halogens is 1. The van der Waals surface area contributed by atoms with Crippen LogP contribution in [0.4, 0.5) is 0 Å². The van der Waals surface area contributed by atoms with E-state index in [4.69, 9.17) is 16.3 Å². The van der Waals surface area contributed by atoms with Crippen LogP contribution in [0.15, 0.2) is 24.3 Å². The summed E-state index contributed by atoms with van der Waals surface area (Å²) in [6.45, 7) is 1.10. The Morgan fingerprint density at radius 3 is 2.89 bits per heavy atom. The summed E-state index contributed by atoms with van der Waals surface area (Å²) in [4.78, 5) is 14.5. The molecule has 1 atom stereocenters. The van der Waals surface area contributed by atoms with E-state index >= 15 is 0 Å². The number of ether oxygens (including phenoxy) is 1. The van der Waals surface area contributed by atoms with Crippen LogP contribution in [0.1, 0.15) is 24.3 Å². The second-order valence-corrected chi connectivity index (χ2v) is 5.23. The number of rotatable bonds is 4. The second-order valence-electron chi connectivity index (χ2n) is 4.85. The molecule has 0 saturated heterocycles. The van der Waals surface area contributed by atoms with Crippen molar-refractivity contribution in [1.82, 2.24) is 4.90 Å². The molecule has 3 rings (SSSR count). The molecule has 3 nitrogen and oxygen atoms in total. The molecule has 0 aromatic heterocycles. The van der Waals surface area contributed by atoms with Crippen LogP contribution in [0.25, 0.3) is 0 Å². The Kier molecular flexibility index (Phi) is 3.16. The van der Waals surface area contributed by atoms with Crippen LogP contribution in [0.3, 0.4) is 0 Å². The van der Waals surface area contributed by atoms with Gasteiger partial charge in [0.1, 0.15) is 18.3 Å². The van der Waals surface area contributed by atoms with Gasteiger partial charge in [-0.15, -0.1) is 11.6 Å². The maximum absolute atomic E-state index is 12.6. The highest BCUT2D eigenvalue weighted by atomic mass is 35.5. The molecule has 4 heteroatoms. The molecule has 1 fully saturated rings. The van der Waals surface area contributed by atoms with E-state index in [9.17, 15) is 4.79 Å². The SMILES string of the molecule is O=C(C1COc2ccccc21)N(CCCl)C1CC1. The van der Waals surface area contributed by atoms with Gasteiger partial charge in [-0.05, 0) is 18.9 Å². The maximum atomic E-state index is 12.6. The largest absolute Gasteiger partial charge is 0.492 e. The molecular formula is C14H16ClNO2. The first-order valence-electron chi connectivity index (χ1n) is 6.39. The van der Waals surface area contributed by atoms with Crippen molar-refractivity contribution < 1.29 is 9.53 Å². The summed E-state index contributed by atoms with van der Waals surface area (Å²) in [7, 11) is 0. The first-order valence-corrected chi connectivity index (χ1v) is 6.93. The average molecular weight is 266 g/mol. The fourth-order valence-corrected chi connectivity index (χ4v) is 2.70. The zero-order valence-electron chi connectivity index (χ0n) is 10.1. The van der Waals surface area contributed by atoms with Gasteiger partial charge in [0.15, 0.2) is 0 Å². The molecule has 1 aromatic rings. The Labute approximate surface area is 112 Å². The molecule has 1 aliphatic carbocycles. The molecule has 0 bridgehead atoms. The summed E-state index contributed by atoms with van der Waals surface area (Å²) in [6, 6.07) is 8.20. The third-order valence-electron chi connectivity index (χ3n) is 3.59. The van der Waals surface area contributed by atoms with Crippen molar-refractivity contribution in [3.63, 3.8) is 0 Å². The zero-order chi connectivity index (χ0) is 12.5. The van der Waals surface area contributed by atoms with Gasteiger partial charge in [-0.2, -0.15) is 0 Å². The number of nitrogens with zero attached hydrogens (tertiary/aromatic N) is 1. The Hall–Kier alpha value is -1.22. The fraction of sp³-hybridized carbons (Fsp3) is 0.500. The molecule has 1 heterocycles. The lowest BCUT2D eigenvalue weighted by Crippen LogP contribution is -2.38. The van der Waals surface area contributed by atoms with Gasteiger partial charge in [-0.3, -0.25) is 4.79 Å². The normalized spacial score (nSPS) is 21.3. The molecule has 0 radical (unpaired) electrons. The van der Waals surface area contributed by atoms with Crippen molar-refractivity contribution >= 4 is 17.5 Å². The standard InChI is InChI=1S/C14H16ClNO2/c15-7-8-16(10-5-6-10)14(17)12-9-18-13-4-2-1-3-11(12)13/h1-4,10,12H,5-9H2. The van der Waals surface area contributed by atoms with E-state index in [0.717, 1.165) is 24.2 Å². The third-order valence-corrected chi connectivity index (χ3v) is 3.76. The number of fused-ring (bicyclic) bond motifs is 1. The van der Waals surface area contributed by atoms with E-state index < -0.39 is 0 Å². The van der Waals surface area contributed by atoms with E-state index in [-0.39, 0.29) is 11.8 Å². The van der Waals surface area contributed by atoms with Crippen molar-refractivity contribution in [1.29, 1.82) is 0 Å². The number of alkyl halides is 1. The molecule has 1 aromatic carbocycles. The number of hydrogen-bond acceptors (Lipinski definition) is 2.